The molecule has 3 aromatic rings. The molecule has 0 aliphatic carbocycles. The molecule has 0 radical (unpaired) electrons. The summed E-state index contributed by atoms with van der Waals surface area (Å²) >= 11 is 6.07. The fourth-order valence-corrected chi connectivity index (χ4v) is 5.31. The molecule has 1 fully saturated rings. The van der Waals surface area contributed by atoms with Crippen LogP contribution in [0.3, 0.4) is 0 Å². The molecular formula is C31H35ClN2O2. The summed E-state index contributed by atoms with van der Waals surface area (Å²) < 4.78 is 12.4. The van der Waals surface area contributed by atoms with Gasteiger partial charge in [-0.3, -0.25) is 4.98 Å². The summed E-state index contributed by atoms with van der Waals surface area (Å²) in [5.74, 6) is 2.36. The van der Waals surface area contributed by atoms with Crippen molar-refractivity contribution >= 4 is 17.2 Å². The minimum atomic E-state index is -0.263. The Morgan fingerprint density at radius 2 is 1.83 bits per heavy atom. The Labute approximate surface area is 219 Å². The molecule has 1 saturated heterocycles. The highest BCUT2D eigenvalue weighted by Gasteiger charge is 2.23. The van der Waals surface area contributed by atoms with Gasteiger partial charge in [-0.05, 0) is 107 Å². The predicted molar refractivity (Wildman–Crippen MR) is 147 cm³/mol. The molecule has 0 bridgehead atoms. The smallest absolute Gasteiger partial charge is 0.131 e. The zero-order valence-corrected chi connectivity index (χ0v) is 22.2. The molecule has 0 atom stereocenters. The number of aromatic nitrogens is 1. The zero-order valence-electron chi connectivity index (χ0n) is 21.5. The maximum absolute atomic E-state index is 6.18. The molecule has 0 N–H and O–H groups in total. The SMILES string of the molecule is CC(C)(C)Oc1ccc2c(c1)/C(=C/CCN1CCC(c3ccc(Cl)cc3)CC1)c1cccnc1CO2. The number of nitrogens with zero attached hydrogens (tertiary/aromatic N) is 2. The standard InChI is InChI=1S/C31H35ClN2O2/c1-31(2,3)36-25-12-13-30-28(20-25)26(27-6-4-16-33-29(27)21-35-30)7-5-17-34-18-14-23(15-19-34)22-8-10-24(32)11-9-22/h4,6-13,16,20,23H,5,14-15,17-19,21H2,1-3H3/b26-7+. The summed E-state index contributed by atoms with van der Waals surface area (Å²) in [6, 6.07) is 18.7. The van der Waals surface area contributed by atoms with Gasteiger partial charge in [0.05, 0.1) is 5.69 Å². The first-order valence-electron chi connectivity index (χ1n) is 12.9. The van der Waals surface area contributed by atoms with Gasteiger partial charge in [0.15, 0.2) is 0 Å². The molecule has 5 heteroatoms. The van der Waals surface area contributed by atoms with Gasteiger partial charge in [-0.2, -0.15) is 0 Å². The van der Waals surface area contributed by atoms with Crippen LogP contribution in [0, 0.1) is 0 Å². The van der Waals surface area contributed by atoms with Crippen LogP contribution in [0.15, 0.2) is 66.9 Å². The Hall–Kier alpha value is -2.82. The Balaban J connectivity index is 1.32. The molecule has 2 aliphatic rings. The number of halogens is 1. The lowest BCUT2D eigenvalue weighted by atomic mass is 9.89. The monoisotopic (exact) mass is 502 g/mol. The van der Waals surface area contributed by atoms with E-state index in [-0.39, 0.29) is 5.60 Å². The molecule has 0 amide bonds. The van der Waals surface area contributed by atoms with Crippen molar-refractivity contribution in [2.45, 2.75) is 58.2 Å². The molecule has 0 spiro atoms. The number of likely N-dealkylation sites (tertiary alicyclic amines) is 1. The van der Waals surface area contributed by atoms with Gasteiger partial charge in [0.25, 0.3) is 0 Å². The third-order valence-electron chi connectivity index (χ3n) is 6.93. The normalized spacial score (nSPS) is 17.7. The molecule has 3 heterocycles. The van der Waals surface area contributed by atoms with Crippen molar-refractivity contribution in [1.29, 1.82) is 0 Å². The quantitative estimate of drug-likeness (QED) is 0.361. The molecule has 2 aromatic carbocycles. The van der Waals surface area contributed by atoms with Gasteiger partial charge in [0.2, 0.25) is 0 Å². The van der Waals surface area contributed by atoms with Crippen LogP contribution in [0.4, 0.5) is 0 Å². The van der Waals surface area contributed by atoms with Crippen LogP contribution in [0.1, 0.15) is 68.3 Å². The van der Waals surface area contributed by atoms with Gasteiger partial charge in [-0.1, -0.05) is 35.9 Å². The van der Waals surface area contributed by atoms with Crippen molar-refractivity contribution in [3.8, 4) is 11.5 Å². The first kappa shape index (κ1) is 24.9. The number of ether oxygens (including phenoxy) is 2. The molecule has 4 nitrogen and oxygen atoms in total. The third kappa shape index (κ3) is 5.93. The first-order valence-corrected chi connectivity index (χ1v) is 13.3. The minimum Gasteiger partial charge on any atom is -0.488 e. The second kappa shape index (κ2) is 10.7. The van der Waals surface area contributed by atoms with Crippen molar-refractivity contribution in [2.75, 3.05) is 19.6 Å². The van der Waals surface area contributed by atoms with Crippen molar-refractivity contribution in [1.82, 2.24) is 9.88 Å². The van der Waals surface area contributed by atoms with Crippen LogP contribution >= 0.6 is 11.6 Å². The lowest BCUT2D eigenvalue weighted by Crippen LogP contribution is -2.33. The van der Waals surface area contributed by atoms with Gasteiger partial charge in [0, 0.05) is 28.9 Å². The first-order chi connectivity index (χ1) is 17.4. The molecule has 1 aromatic heterocycles. The summed E-state index contributed by atoms with van der Waals surface area (Å²) in [6.07, 6.45) is 7.55. The van der Waals surface area contributed by atoms with Crippen molar-refractivity contribution in [3.05, 3.63) is 94.3 Å². The number of hydrogen-bond donors (Lipinski definition) is 0. The lowest BCUT2D eigenvalue weighted by Gasteiger charge is -2.32. The summed E-state index contributed by atoms with van der Waals surface area (Å²) in [4.78, 5) is 7.20. The fourth-order valence-electron chi connectivity index (χ4n) is 5.19. The van der Waals surface area contributed by atoms with E-state index in [4.69, 9.17) is 21.1 Å². The van der Waals surface area contributed by atoms with Crippen molar-refractivity contribution in [3.63, 3.8) is 0 Å². The van der Waals surface area contributed by atoms with Crippen molar-refractivity contribution < 1.29 is 9.47 Å². The van der Waals surface area contributed by atoms with Crippen LogP contribution in [0.2, 0.25) is 5.02 Å². The van der Waals surface area contributed by atoms with E-state index in [2.05, 4.69) is 61.0 Å². The molecule has 36 heavy (non-hydrogen) atoms. The predicted octanol–water partition coefficient (Wildman–Crippen LogP) is 7.51. The van der Waals surface area contributed by atoms with Gasteiger partial charge < -0.3 is 14.4 Å². The number of benzene rings is 2. The highest BCUT2D eigenvalue weighted by atomic mass is 35.5. The van der Waals surface area contributed by atoms with Gasteiger partial charge in [-0.25, -0.2) is 0 Å². The topological polar surface area (TPSA) is 34.6 Å². The lowest BCUT2D eigenvalue weighted by molar-refractivity contribution is 0.130. The van der Waals surface area contributed by atoms with Gasteiger partial charge in [0.1, 0.15) is 23.7 Å². The average molecular weight is 503 g/mol. The fraction of sp³-hybridized carbons (Fsp3) is 0.387. The Morgan fingerprint density at radius 3 is 2.58 bits per heavy atom. The summed E-state index contributed by atoms with van der Waals surface area (Å²) in [5, 5.41) is 0.809. The number of pyridine rings is 1. The maximum atomic E-state index is 6.18. The van der Waals surface area contributed by atoms with E-state index >= 15 is 0 Å². The summed E-state index contributed by atoms with van der Waals surface area (Å²) in [7, 11) is 0. The number of hydrogen-bond acceptors (Lipinski definition) is 4. The van der Waals surface area contributed by atoms with Crippen LogP contribution in [-0.2, 0) is 6.61 Å². The molecule has 5 rings (SSSR count). The molecule has 0 saturated carbocycles. The van der Waals surface area contributed by atoms with E-state index in [1.165, 1.54) is 24.0 Å². The average Bonchev–Trinajstić information content (AvgIpc) is 3.01. The Kier molecular flexibility index (Phi) is 7.36. The van der Waals surface area contributed by atoms with E-state index < -0.39 is 0 Å². The maximum Gasteiger partial charge on any atom is 0.131 e. The second-order valence-electron chi connectivity index (χ2n) is 10.7. The highest BCUT2D eigenvalue weighted by molar-refractivity contribution is 6.30. The van der Waals surface area contributed by atoms with E-state index in [1.807, 2.05) is 36.5 Å². The number of fused-ring (bicyclic) bond motifs is 2. The Bertz CT molecular complexity index is 1220. The summed E-state index contributed by atoms with van der Waals surface area (Å²) in [6.45, 7) is 9.97. The van der Waals surface area contributed by atoms with Crippen LogP contribution in [0.5, 0.6) is 11.5 Å². The van der Waals surface area contributed by atoms with Crippen LogP contribution in [-0.4, -0.2) is 35.1 Å². The van der Waals surface area contributed by atoms with Gasteiger partial charge in [-0.15, -0.1) is 0 Å². The molecule has 0 unspecified atom stereocenters. The highest BCUT2D eigenvalue weighted by Crippen LogP contribution is 2.39. The zero-order chi connectivity index (χ0) is 25.1. The van der Waals surface area contributed by atoms with Crippen LogP contribution in [0.25, 0.3) is 5.57 Å². The van der Waals surface area contributed by atoms with E-state index in [0.29, 0.717) is 12.5 Å². The van der Waals surface area contributed by atoms with E-state index in [9.17, 15) is 0 Å². The summed E-state index contributed by atoms with van der Waals surface area (Å²) in [5.41, 5.74) is 5.52. The largest absolute Gasteiger partial charge is 0.488 e. The van der Waals surface area contributed by atoms with E-state index in [1.54, 1.807) is 0 Å². The van der Waals surface area contributed by atoms with Crippen molar-refractivity contribution in [2.24, 2.45) is 0 Å². The second-order valence-corrected chi connectivity index (χ2v) is 11.2. The molecule has 188 valence electrons. The van der Waals surface area contributed by atoms with Gasteiger partial charge >= 0.3 is 0 Å². The number of rotatable bonds is 5. The molecular weight excluding hydrogens is 468 g/mol. The third-order valence-corrected chi connectivity index (χ3v) is 7.18. The van der Waals surface area contributed by atoms with Crippen LogP contribution < -0.4 is 9.47 Å². The Morgan fingerprint density at radius 1 is 1.06 bits per heavy atom. The minimum absolute atomic E-state index is 0.263. The molecule has 2 aliphatic heterocycles. The number of piperidine rings is 1. The van der Waals surface area contributed by atoms with E-state index in [0.717, 1.165) is 59.4 Å².